The molecular formula is C13H19N3O4S. The Kier molecular flexibility index (Phi) is 4.48. The van der Waals surface area contributed by atoms with E-state index in [1.807, 2.05) is 11.8 Å². The molecule has 0 unspecified atom stereocenters. The van der Waals surface area contributed by atoms with Crippen molar-refractivity contribution in [1.82, 2.24) is 4.72 Å². The fraction of sp³-hybridized carbons (Fsp3) is 0.538. The lowest BCUT2D eigenvalue weighted by molar-refractivity contribution is -0.384. The standard InChI is InChI=1S/C13H19N3O4S/c1-10-5-3-4-8-15(10)12-7-6-11(21(19,20)14-2)9-13(12)16(17)18/h6-7,9-10,14H,3-5,8H2,1-2H3/t10-/m1/s1. The van der Waals surface area contributed by atoms with E-state index >= 15 is 0 Å². The summed E-state index contributed by atoms with van der Waals surface area (Å²) in [6.07, 6.45) is 3.07. The molecule has 1 N–H and O–H groups in total. The van der Waals surface area contributed by atoms with Crippen LogP contribution in [0.2, 0.25) is 0 Å². The van der Waals surface area contributed by atoms with Crippen molar-refractivity contribution in [1.29, 1.82) is 0 Å². The van der Waals surface area contributed by atoms with E-state index in [9.17, 15) is 18.5 Å². The van der Waals surface area contributed by atoms with Crippen LogP contribution in [-0.4, -0.2) is 33.0 Å². The Balaban J connectivity index is 2.50. The number of piperidine rings is 1. The SMILES string of the molecule is CNS(=O)(=O)c1ccc(N2CCCC[C@H]2C)c([N+](=O)[O-])c1. The highest BCUT2D eigenvalue weighted by molar-refractivity contribution is 7.89. The lowest BCUT2D eigenvalue weighted by Gasteiger charge is -2.35. The molecule has 1 fully saturated rings. The van der Waals surface area contributed by atoms with Crippen molar-refractivity contribution in [3.8, 4) is 0 Å². The number of rotatable bonds is 4. The second-order valence-corrected chi connectivity index (χ2v) is 7.04. The van der Waals surface area contributed by atoms with Crippen LogP contribution in [0, 0.1) is 10.1 Å². The van der Waals surface area contributed by atoms with Crippen LogP contribution >= 0.6 is 0 Å². The van der Waals surface area contributed by atoms with Gasteiger partial charge in [-0.2, -0.15) is 0 Å². The summed E-state index contributed by atoms with van der Waals surface area (Å²) in [5, 5.41) is 11.3. The number of nitro benzene ring substituents is 1. The van der Waals surface area contributed by atoms with Crippen LogP contribution in [0.15, 0.2) is 23.1 Å². The lowest BCUT2D eigenvalue weighted by Crippen LogP contribution is -2.37. The number of sulfonamides is 1. The second kappa shape index (κ2) is 5.98. The maximum absolute atomic E-state index is 11.8. The third-order valence-corrected chi connectivity index (χ3v) is 5.25. The van der Waals surface area contributed by atoms with E-state index < -0.39 is 14.9 Å². The van der Waals surface area contributed by atoms with E-state index in [-0.39, 0.29) is 16.6 Å². The first-order valence-corrected chi connectivity index (χ1v) is 8.34. The topological polar surface area (TPSA) is 92.6 Å². The summed E-state index contributed by atoms with van der Waals surface area (Å²) in [4.78, 5) is 12.7. The van der Waals surface area contributed by atoms with Crippen LogP contribution in [0.1, 0.15) is 26.2 Å². The average Bonchev–Trinajstić information content (AvgIpc) is 2.47. The Hall–Kier alpha value is -1.67. The van der Waals surface area contributed by atoms with Crippen LogP contribution in [0.4, 0.5) is 11.4 Å². The van der Waals surface area contributed by atoms with Crippen LogP contribution in [0.5, 0.6) is 0 Å². The highest BCUT2D eigenvalue weighted by Crippen LogP contribution is 2.34. The van der Waals surface area contributed by atoms with Crippen molar-refractivity contribution < 1.29 is 13.3 Å². The first-order valence-electron chi connectivity index (χ1n) is 6.85. The van der Waals surface area contributed by atoms with Crippen molar-refractivity contribution in [2.75, 3.05) is 18.5 Å². The number of hydrogen-bond acceptors (Lipinski definition) is 5. The second-order valence-electron chi connectivity index (χ2n) is 5.15. The summed E-state index contributed by atoms with van der Waals surface area (Å²) < 4.78 is 25.7. The Morgan fingerprint density at radius 2 is 2.10 bits per heavy atom. The van der Waals surface area contributed by atoms with E-state index in [0.29, 0.717) is 5.69 Å². The van der Waals surface area contributed by atoms with Gasteiger partial charge in [-0.15, -0.1) is 0 Å². The summed E-state index contributed by atoms with van der Waals surface area (Å²) in [6, 6.07) is 4.28. The van der Waals surface area contributed by atoms with Gasteiger partial charge in [0, 0.05) is 18.7 Å². The van der Waals surface area contributed by atoms with E-state index in [2.05, 4.69) is 4.72 Å². The number of nitrogens with one attached hydrogen (secondary N) is 1. The molecule has 7 nitrogen and oxygen atoms in total. The highest BCUT2D eigenvalue weighted by atomic mass is 32.2. The van der Waals surface area contributed by atoms with Gasteiger partial charge in [-0.05, 0) is 45.4 Å². The zero-order chi connectivity index (χ0) is 15.6. The Morgan fingerprint density at radius 1 is 1.38 bits per heavy atom. The van der Waals surface area contributed by atoms with Crippen molar-refractivity contribution in [2.24, 2.45) is 0 Å². The summed E-state index contributed by atoms with van der Waals surface area (Å²) in [6.45, 7) is 2.78. The highest BCUT2D eigenvalue weighted by Gasteiger charge is 2.27. The predicted molar refractivity (Wildman–Crippen MR) is 80.0 cm³/mol. The van der Waals surface area contributed by atoms with Crippen molar-refractivity contribution in [3.05, 3.63) is 28.3 Å². The van der Waals surface area contributed by atoms with E-state index in [1.54, 1.807) is 0 Å². The molecule has 0 aromatic heterocycles. The van der Waals surface area contributed by atoms with Crippen molar-refractivity contribution >= 4 is 21.4 Å². The monoisotopic (exact) mass is 313 g/mol. The van der Waals surface area contributed by atoms with Crippen molar-refractivity contribution in [2.45, 2.75) is 37.1 Å². The zero-order valence-corrected chi connectivity index (χ0v) is 12.9. The Labute approximate surface area is 124 Å². The molecule has 1 atom stereocenters. The molecule has 2 rings (SSSR count). The van der Waals surface area contributed by atoms with Gasteiger partial charge in [-0.25, -0.2) is 13.1 Å². The maximum atomic E-state index is 11.8. The molecule has 21 heavy (non-hydrogen) atoms. The number of nitrogens with zero attached hydrogens (tertiary/aromatic N) is 2. The molecule has 0 bridgehead atoms. The molecule has 0 radical (unpaired) electrons. The van der Waals surface area contributed by atoms with Gasteiger partial charge < -0.3 is 4.90 Å². The molecule has 0 aliphatic carbocycles. The van der Waals surface area contributed by atoms with Gasteiger partial charge in [-0.1, -0.05) is 0 Å². The minimum Gasteiger partial charge on any atom is -0.363 e. The lowest BCUT2D eigenvalue weighted by atomic mass is 10.0. The minimum absolute atomic E-state index is 0.0925. The van der Waals surface area contributed by atoms with Crippen LogP contribution in [0.3, 0.4) is 0 Å². The van der Waals surface area contributed by atoms with Gasteiger partial charge in [0.1, 0.15) is 5.69 Å². The summed E-state index contributed by atoms with van der Waals surface area (Å²) in [5.41, 5.74) is 0.322. The van der Waals surface area contributed by atoms with Gasteiger partial charge in [0.05, 0.1) is 9.82 Å². The Morgan fingerprint density at radius 3 is 2.67 bits per heavy atom. The third kappa shape index (κ3) is 3.16. The third-order valence-electron chi connectivity index (χ3n) is 3.84. The number of nitro groups is 1. The van der Waals surface area contributed by atoms with Crippen LogP contribution in [-0.2, 0) is 10.0 Å². The first kappa shape index (κ1) is 15.7. The van der Waals surface area contributed by atoms with Gasteiger partial charge >= 0.3 is 0 Å². The molecule has 0 spiro atoms. The molecule has 1 aliphatic heterocycles. The van der Waals surface area contributed by atoms with E-state index in [0.717, 1.165) is 31.9 Å². The average molecular weight is 313 g/mol. The summed E-state index contributed by atoms with van der Waals surface area (Å²) in [7, 11) is -2.41. The molecule has 1 aliphatic rings. The van der Waals surface area contributed by atoms with Gasteiger partial charge in [-0.3, -0.25) is 10.1 Å². The van der Waals surface area contributed by atoms with Crippen molar-refractivity contribution in [3.63, 3.8) is 0 Å². The molecule has 8 heteroatoms. The van der Waals surface area contributed by atoms with Crippen LogP contribution < -0.4 is 9.62 Å². The molecular weight excluding hydrogens is 294 g/mol. The van der Waals surface area contributed by atoms with E-state index in [1.165, 1.54) is 19.2 Å². The maximum Gasteiger partial charge on any atom is 0.293 e. The van der Waals surface area contributed by atoms with Gasteiger partial charge in [0.2, 0.25) is 10.0 Å². The van der Waals surface area contributed by atoms with Crippen LogP contribution in [0.25, 0.3) is 0 Å². The molecule has 1 heterocycles. The zero-order valence-electron chi connectivity index (χ0n) is 12.1. The fourth-order valence-corrected chi connectivity index (χ4v) is 3.38. The molecule has 1 saturated heterocycles. The van der Waals surface area contributed by atoms with Gasteiger partial charge in [0.15, 0.2) is 0 Å². The smallest absolute Gasteiger partial charge is 0.293 e. The molecule has 1 aromatic rings. The van der Waals surface area contributed by atoms with E-state index in [4.69, 9.17) is 0 Å². The molecule has 0 saturated carbocycles. The number of anilines is 1. The number of benzene rings is 1. The molecule has 116 valence electrons. The minimum atomic E-state index is -3.69. The molecule has 0 amide bonds. The predicted octanol–water partition coefficient (Wildman–Crippen LogP) is 1.88. The largest absolute Gasteiger partial charge is 0.363 e. The normalized spacial score (nSPS) is 19.5. The Bertz CT molecular complexity index is 645. The quantitative estimate of drug-likeness (QED) is 0.677. The first-order chi connectivity index (χ1) is 9.86. The number of hydrogen-bond donors (Lipinski definition) is 1. The summed E-state index contributed by atoms with van der Waals surface area (Å²) in [5.74, 6) is 0. The molecule has 1 aromatic carbocycles. The summed E-state index contributed by atoms with van der Waals surface area (Å²) >= 11 is 0. The fourth-order valence-electron chi connectivity index (χ4n) is 2.63. The van der Waals surface area contributed by atoms with Gasteiger partial charge in [0.25, 0.3) is 5.69 Å².